The minimum Gasteiger partial charge on any atom is -0.326 e. The molecule has 3 N–H and O–H groups in total. The van der Waals surface area contributed by atoms with E-state index in [2.05, 4.69) is 4.72 Å². The topological polar surface area (TPSA) is 89.3 Å². The second kappa shape index (κ2) is 7.14. The Balaban J connectivity index is 2.66. The summed E-state index contributed by atoms with van der Waals surface area (Å²) in [7, 11) is -4.45. The Morgan fingerprint density at radius 2 is 2.00 bits per heavy atom. The average Bonchev–Trinajstić information content (AvgIpc) is 2.35. The minimum absolute atomic E-state index is 0.0933. The largest absolute Gasteiger partial charge is 0.326 e. The van der Waals surface area contributed by atoms with E-state index in [1.807, 2.05) is 6.07 Å². The lowest BCUT2D eigenvalue weighted by Gasteiger charge is -2.11. The summed E-state index contributed by atoms with van der Waals surface area (Å²) in [4.78, 5) is 0. The summed E-state index contributed by atoms with van der Waals surface area (Å²) < 4.78 is 37.4. The van der Waals surface area contributed by atoms with Crippen LogP contribution in [0, 0.1) is 0 Å². The lowest BCUT2D eigenvalue weighted by Crippen LogP contribution is -2.33. The molecular formula is C12H20N2O3S2. The van der Waals surface area contributed by atoms with E-state index in [-0.39, 0.29) is 17.5 Å². The molecule has 0 heterocycles. The zero-order valence-corrected chi connectivity index (χ0v) is 12.8. The van der Waals surface area contributed by atoms with Crippen molar-refractivity contribution < 1.29 is 12.6 Å². The molecule has 1 aromatic carbocycles. The van der Waals surface area contributed by atoms with Gasteiger partial charge in [0, 0.05) is 35.4 Å². The summed E-state index contributed by atoms with van der Waals surface area (Å²) in [5.41, 5.74) is 7.11. The van der Waals surface area contributed by atoms with Crippen LogP contribution in [-0.2, 0) is 33.1 Å². The molecule has 5 nitrogen and oxygen atoms in total. The van der Waals surface area contributed by atoms with Crippen LogP contribution in [0.3, 0.4) is 0 Å². The van der Waals surface area contributed by atoms with Gasteiger partial charge in [-0.25, -0.2) is 13.1 Å². The van der Waals surface area contributed by atoms with Crippen LogP contribution in [0.15, 0.2) is 24.3 Å². The monoisotopic (exact) mass is 304 g/mol. The Kier molecular flexibility index (Phi) is 6.12. The molecule has 7 heteroatoms. The van der Waals surface area contributed by atoms with Crippen molar-refractivity contribution in [3.63, 3.8) is 0 Å². The average molecular weight is 304 g/mol. The molecule has 0 amide bonds. The van der Waals surface area contributed by atoms with Crippen LogP contribution in [0.25, 0.3) is 0 Å². The molecule has 0 aliphatic rings. The van der Waals surface area contributed by atoms with Crippen LogP contribution in [0.2, 0.25) is 0 Å². The number of hydrogen-bond acceptors (Lipinski definition) is 4. The molecule has 0 aliphatic heterocycles. The molecule has 2 atom stereocenters. The van der Waals surface area contributed by atoms with E-state index in [4.69, 9.17) is 5.73 Å². The number of nitrogens with two attached hydrogens (primary N) is 1. The summed E-state index contributed by atoms with van der Waals surface area (Å²) in [5, 5.41) is -0.204. The van der Waals surface area contributed by atoms with Gasteiger partial charge in [-0.3, -0.25) is 4.21 Å². The summed E-state index contributed by atoms with van der Waals surface area (Å²) in [6.07, 6.45) is 1.56. The maximum absolute atomic E-state index is 11.9. The standard InChI is InChI=1S/C12H20N2O3S2/c1-10(18(2)15)8-14-19(16,17)9-12-5-3-4-11(6-12)7-13/h3-6,10,14H,7-9,13H2,1-2H3. The SMILES string of the molecule is CC(CNS(=O)(=O)Cc1cccc(CN)c1)S(C)=O. The smallest absolute Gasteiger partial charge is 0.215 e. The Bertz CT molecular complexity index is 544. The van der Waals surface area contributed by atoms with E-state index >= 15 is 0 Å². The van der Waals surface area contributed by atoms with Crippen LogP contribution >= 0.6 is 0 Å². The van der Waals surface area contributed by atoms with Crippen molar-refractivity contribution >= 4 is 20.8 Å². The fraction of sp³-hybridized carbons (Fsp3) is 0.500. The zero-order valence-electron chi connectivity index (χ0n) is 11.1. The number of rotatable bonds is 7. The van der Waals surface area contributed by atoms with Gasteiger partial charge >= 0.3 is 0 Å². The highest BCUT2D eigenvalue weighted by atomic mass is 32.2. The number of hydrogen-bond donors (Lipinski definition) is 2. The third-order valence-corrected chi connectivity index (χ3v) is 5.36. The van der Waals surface area contributed by atoms with E-state index < -0.39 is 20.8 Å². The first-order valence-electron chi connectivity index (χ1n) is 5.91. The lowest BCUT2D eigenvalue weighted by molar-refractivity contribution is 0.580. The molecule has 0 saturated heterocycles. The van der Waals surface area contributed by atoms with Gasteiger partial charge in [-0.1, -0.05) is 24.3 Å². The quantitative estimate of drug-likeness (QED) is 0.760. The summed E-state index contributed by atoms with van der Waals surface area (Å²) in [5.74, 6) is -0.0933. The van der Waals surface area contributed by atoms with Crippen molar-refractivity contribution in [1.82, 2.24) is 4.72 Å². The zero-order chi connectivity index (χ0) is 14.5. The predicted molar refractivity (Wildman–Crippen MR) is 78.5 cm³/mol. The highest BCUT2D eigenvalue weighted by molar-refractivity contribution is 7.88. The van der Waals surface area contributed by atoms with Gasteiger partial charge in [0.25, 0.3) is 0 Å². The van der Waals surface area contributed by atoms with Crippen LogP contribution in [0.1, 0.15) is 18.1 Å². The maximum atomic E-state index is 11.9. The molecule has 0 radical (unpaired) electrons. The molecule has 1 aromatic rings. The van der Waals surface area contributed by atoms with Crippen LogP contribution in [0.4, 0.5) is 0 Å². The molecule has 0 fully saturated rings. The first kappa shape index (κ1) is 16.3. The van der Waals surface area contributed by atoms with Gasteiger partial charge in [-0.05, 0) is 18.1 Å². The van der Waals surface area contributed by atoms with Crippen molar-refractivity contribution in [3.05, 3.63) is 35.4 Å². The first-order chi connectivity index (χ1) is 8.84. The van der Waals surface area contributed by atoms with Gasteiger partial charge in [0.1, 0.15) is 0 Å². The fourth-order valence-electron chi connectivity index (χ4n) is 1.48. The van der Waals surface area contributed by atoms with Gasteiger partial charge in [0.05, 0.1) is 5.75 Å². The summed E-state index contributed by atoms with van der Waals surface area (Å²) >= 11 is 0. The van der Waals surface area contributed by atoms with E-state index in [0.29, 0.717) is 12.1 Å². The first-order valence-corrected chi connectivity index (χ1v) is 9.19. The number of sulfonamides is 1. The van der Waals surface area contributed by atoms with Crippen LogP contribution in [0.5, 0.6) is 0 Å². The second-order valence-electron chi connectivity index (χ2n) is 4.44. The number of nitrogens with one attached hydrogen (secondary N) is 1. The van der Waals surface area contributed by atoms with Crippen LogP contribution < -0.4 is 10.5 Å². The summed E-state index contributed by atoms with van der Waals surface area (Å²) in [6.45, 7) is 2.31. The second-order valence-corrected chi connectivity index (χ2v) is 8.05. The number of benzene rings is 1. The molecule has 2 unspecified atom stereocenters. The molecule has 1 rings (SSSR count). The van der Waals surface area contributed by atoms with E-state index in [1.165, 1.54) is 0 Å². The van der Waals surface area contributed by atoms with E-state index in [9.17, 15) is 12.6 Å². The van der Waals surface area contributed by atoms with Gasteiger partial charge in [-0.2, -0.15) is 0 Å². The minimum atomic E-state index is -3.41. The van der Waals surface area contributed by atoms with Gasteiger partial charge < -0.3 is 5.73 Å². The van der Waals surface area contributed by atoms with E-state index in [0.717, 1.165) is 5.56 Å². The molecule has 19 heavy (non-hydrogen) atoms. The fourth-order valence-corrected chi connectivity index (χ4v) is 3.13. The highest BCUT2D eigenvalue weighted by Gasteiger charge is 2.14. The molecule has 0 saturated carbocycles. The molecular weight excluding hydrogens is 284 g/mol. The normalized spacial score (nSPS) is 15.1. The lowest BCUT2D eigenvalue weighted by atomic mass is 10.1. The van der Waals surface area contributed by atoms with Crippen molar-refractivity contribution in [2.75, 3.05) is 12.8 Å². The molecule has 0 aromatic heterocycles. The Labute approximate surface area is 117 Å². The third kappa shape index (κ3) is 5.82. The molecule has 108 valence electrons. The Morgan fingerprint density at radius 1 is 1.37 bits per heavy atom. The van der Waals surface area contributed by atoms with Gasteiger partial charge in [-0.15, -0.1) is 0 Å². The molecule has 0 bridgehead atoms. The van der Waals surface area contributed by atoms with Crippen molar-refractivity contribution in [1.29, 1.82) is 0 Å². The van der Waals surface area contributed by atoms with E-state index in [1.54, 1.807) is 31.4 Å². The maximum Gasteiger partial charge on any atom is 0.215 e. The predicted octanol–water partition coefficient (Wildman–Crippen LogP) is 0.332. The Hall–Kier alpha value is -0.760. The van der Waals surface area contributed by atoms with Gasteiger partial charge in [0.2, 0.25) is 10.0 Å². The third-order valence-electron chi connectivity index (χ3n) is 2.74. The summed E-state index contributed by atoms with van der Waals surface area (Å²) in [6, 6.07) is 7.17. The molecule has 0 aliphatic carbocycles. The Morgan fingerprint density at radius 3 is 2.58 bits per heavy atom. The van der Waals surface area contributed by atoms with Crippen molar-refractivity contribution in [2.45, 2.75) is 24.5 Å². The van der Waals surface area contributed by atoms with Gasteiger partial charge in [0.15, 0.2) is 0 Å². The van der Waals surface area contributed by atoms with Crippen molar-refractivity contribution in [3.8, 4) is 0 Å². The highest BCUT2D eigenvalue weighted by Crippen LogP contribution is 2.08. The van der Waals surface area contributed by atoms with Crippen molar-refractivity contribution in [2.24, 2.45) is 5.73 Å². The molecule has 0 spiro atoms. The van der Waals surface area contributed by atoms with Crippen LogP contribution in [-0.4, -0.2) is 30.7 Å².